The highest BCUT2D eigenvalue weighted by molar-refractivity contribution is 5.84. The van der Waals surface area contributed by atoms with Gasteiger partial charge >= 0.3 is 0 Å². The second kappa shape index (κ2) is 10.3. The zero-order valence-electron chi connectivity index (χ0n) is 21.1. The lowest BCUT2D eigenvalue weighted by atomic mass is 10.0. The Labute approximate surface area is 213 Å². The molecule has 1 N–H and O–H groups in total. The second-order valence-electron chi connectivity index (χ2n) is 9.52. The van der Waals surface area contributed by atoms with Gasteiger partial charge in [-0.2, -0.15) is 0 Å². The van der Waals surface area contributed by atoms with Crippen molar-refractivity contribution in [3.05, 3.63) is 59.8 Å². The first-order valence-electron chi connectivity index (χ1n) is 12.5. The zero-order chi connectivity index (χ0) is 26.1. The third kappa shape index (κ3) is 5.20. The van der Waals surface area contributed by atoms with Gasteiger partial charge in [0.05, 0.1) is 11.7 Å². The van der Waals surface area contributed by atoms with Crippen LogP contribution in [-0.2, 0) is 11.3 Å². The smallest absolute Gasteiger partial charge is 0.228 e. The van der Waals surface area contributed by atoms with Gasteiger partial charge in [0.1, 0.15) is 28.8 Å². The summed E-state index contributed by atoms with van der Waals surface area (Å²) >= 11 is 0. The molecular formula is C27H29F2N7O. The summed E-state index contributed by atoms with van der Waals surface area (Å²) in [5, 5.41) is 3.00. The fraction of sp³-hybridized carbons (Fsp3) is 0.370. The Hall–Kier alpha value is -3.79. The number of pyridine rings is 1. The van der Waals surface area contributed by atoms with E-state index in [1.54, 1.807) is 18.5 Å². The van der Waals surface area contributed by atoms with Crippen molar-refractivity contribution in [2.24, 2.45) is 0 Å². The number of piperidine rings is 1. The highest BCUT2D eigenvalue weighted by atomic mass is 19.1. The summed E-state index contributed by atoms with van der Waals surface area (Å²) in [5.74, 6) is 0.609. The van der Waals surface area contributed by atoms with Gasteiger partial charge < -0.3 is 9.88 Å². The van der Waals surface area contributed by atoms with E-state index in [0.717, 1.165) is 31.3 Å². The molecule has 3 aromatic heterocycles. The maximum Gasteiger partial charge on any atom is 0.228 e. The minimum atomic E-state index is -0.563. The van der Waals surface area contributed by atoms with Gasteiger partial charge in [0.2, 0.25) is 5.95 Å². The molecule has 1 atom stereocenters. The number of nitrogens with one attached hydrogen (secondary N) is 1. The van der Waals surface area contributed by atoms with Crippen molar-refractivity contribution >= 4 is 28.6 Å². The Morgan fingerprint density at radius 3 is 2.46 bits per heavy atom. The molecule has 1 aliphatic heterocycles. The van der Waals surface area contributed by atoms with Crippen LogP contribution in [0.3, 0.4) is 0 Å². The summed E-state index contributed by atoms with van der Waals surface area (Å²) in [6, 6.07) is 4.72. The number of carbonyl (C=O) groups excluding carboxylic acids is 1. The number of aryl methyl sites for hydroxylation is 1. The Morgan fingerprint density at radius 2 is 1.76 bits per heavy atom. The van der Waals surface area contributed by atoms with Crippen molar-refractivity contribution in [1.82, 2.24) is 29.4 Å². The molecule has 192 valence electrons. The van der Waals surface area contributed by atoms with Gasteiger partial charge in [-0.15, -0.1) is 0 Å². The number of halogens is 2. The lowest BCUT2D eigenvalue weighted by Gasteiger charge is -2.25. The number of nitrogens with zero attached hydrogens (tertiary/aromatic N) is 6. The molecule has 0 aliphatic carbocycles. The summed E-state index contributed by atoms with van der Waals surface area (Å²) in [5.41, 5.74) is 2.45. The molecule has 37 heavy (non-hydrogen) atoms. The largest absolute Gasteiger partial charge is 0.325 e. The fourth-order valence-corrected chi connectivity index (χ4v) is 4.73. The molecule has 0 spiro atoms. The molecule has 0 saturated carbocycles. The number of imidazole rings is 1. The molecule has 1 aliphatic rings. The van der Waals surface area contributed by atoms with E-state index in [1.165, 1.54) is 12.1 Å². The van der Waals surface area contributed by atoms with Crippen molar-refractivity contribution in [3.8, 4) is 11.1 Å². The van der Waals surface area contributed by atoms with Crippen molar-refractivity contribution in [2.45, 2.75) is 52.6 Å². The molecule has 8 nitrogen and oxygen atoms in total. The molecule has 1 saturated heterocycles. The SMILES string of the molecule is CCC(C)n1c(C)nc2c(F)cc(-c3cc(Nc4ncc(CN5CCC(=O)CC5)cn4)ncc3F)cc21. The van der Waals surface area contributed by atoms with Crippen LogP contribution in [0.4, 0.5) is 20.5 Å². The van der Waals surface area contributed by atoms with Crippen LogP contribution in [0.5, 0.6) is 0 Å². The number of carbonyl (C=O) groups is 1. The number of hydrogen-bond acceptors (Lipinski definition) is 7. The third-order valence-electron chi connectivity index (χ3n) is 6.89. The number of fused-ring (bicyclic) bond motifs is 1. The molecule has 1 fully saturated rings. The summed E-state index contributed by atoms with van der Waals surface area (Å²) in [4.78, 5) is 30.9. The van der Waals surface area contributed by atoms with Gasteiger partial charge in [-0.1, -0.05) is 6.92 Å². The summed E-state index contributed by atoms with van der Waals surface area (Å²) in [7, 11) is 0. The van der Waals surface area contributed by atoms with Crippen molar-refractivity contribution in [3.63, 3.8) is 0 Å². The number of anilines is 2. The van der Waals surface area contributed by atoms with Gasteiger partial charge in [-0.3, -0.25) is 9.69 Å². The van der Waals surface area contributed by atoms with Crippen LogP contribution in [0.2, 0.25) is 0 Å². The van der Waals surface area contributed by atoms with Gasteiger partial charge in [0.25, 0.3) is 0 Å². The summed E-state index contributed by atoms with van der Waals surface area (Å²) in [6.07, 6.45) is 6.55. The van der Waals surface area contributed by atoms with E-state index < -0.39 is 11.6 Å². The first-order chi connectivity index (χ1) is 17.8. The van der Waals surface area contributed by atoms with Crippen LogP contribution >= 0.6 is 0 Å². The van der Waals surface area contributed by atoms with Crippen LogP contribution < -0.4 is 5.32 Å². The third-order valence-corrected chi connectivity index (χ3v) is 6.89. The van der Waals surface area contributed by atoms with E-state index in [4.69, 9.17) is 0 Å². The van der Waals surface area contributed by atoms with Crippen molar-refractivity contribution in [2.75, 3.05) is 18.4 Å². The number of rotatable bonds is 7. The average Bonchev–Trinajstić information content (AvgIpc) is 3.23. The molecule has 4 heterocycles. The predicted molar refractivity (Wildman–Crippen MR) is 137 cm³/mol. The van der Waals surface area contributed by atoms with Gasteiger partial charge in [-0.25, -0.2) is 28.7 Å². The maximum absolute atomic E-state index is 15.0. The summed E-state index contributed by atoms with van der Waals surface area (Å²) < 4.78 is 31.9. The maximum atomic E-state index is 15.0. The van der Waals surface area contributed by atoms with Crippen LogP contribution in [-0.4, -0.2) is 48.3 Å². The molecule has 0 amide bonds. The van der Waals surface area contributed by atoms with E-state index in [2.05, 4.69) is 37.1 Å². The van der Waals surface area contributed by atoms with E-state index in [1.807, 2.05) is 18.4 Å². The van der Waals surface area contributed by atoms with Crippen LogP contribution in [0.25, 0.3) is 22.2 Å². The average molecular weight is 506 g/mol. The van der Waals surface area contributed by atoms with Crippen LogP contribution in [0.1, 0.15) is 50.5 Å². The van der Waals surface area contributed by atoms with E-state index in [9.17, 15) is 9.18 Å². The number of benzene rings is 1. The Morgan fingerprint density at radius 1 is 1.03 bits per heavy atom. The second-order valence-corrected chi connectivity index (χ2v) is 9.52. The number of hydrogen-bond donors (Lipinski definition) is 1. The molecule has 0 bridgehead atoms. The van der Waals surface area contributed by atoms with Crippen molar-refractivity contribution < 1.29 is 13.6 Å². The minimum absolute atomic E-state index is 0.122. The Balaban J connectivity index is 1.38. The Kier molecular flexibility index (Phi) is 6.92. The predicted octanol–water partition coefficient (Wildman–Crippen LogP) is 5.35. The summed E-state index contributed by atoms with van der Waals surface area (Å²) in [6.45, 7) is 8.11. The highest BCUT2D eigenvalue weighted by Crippen LogP contribution is 2.32. The number of Topliss-reactive ketones (excluding diaryl/α,β-unsaturated/α-hetero) is 1. The van der Waals surface area contributed by atoms with Crippen molar-refractivity contribution in [1.29, 1.82) is 0 Å². The zero-order valence-corrected chi connectivity index (χ0v) is 21.1. The van der Waals surface area contributed by atoms with E-state index in [0.29, 0.717) is 53.8 Å². The lowest BCUT2D eigenvalue weighted by Crippen LogP contribution is -2.33. The van der Waals surface area contributed by atoms with Gasteiger partial charge in [-0.05, 0) is 44.0 Å². The van der Waals surface area contributed by atoms with Crippen LogP contribution in [0, 0.1) is 18.6 Å². The van der Waals surface area contributed by atoms with E-state index in [-0.39, 0.29) is 17.1 Å². The monoisotopic (exact) mass is 505 g/mol. The van der Waals surface area contributed by atoms with Gasteiger partial charge in [0, 0.05) is 62.0 Å². The van der Waals surface area contributed by atoms with Gasteiger partial charge in [0.15, 0.2) is 5.82 Å². The molecule has 10 heteroatoms. The number of likely N-dealkylation sites (tertiary alicyclic amines) is 1. The molecule has 0 radical (unpaired) electrons. The van der Waals surface area contributed by atoms with E-state index >= 15 is 4.39 Å². The topological polar surface area (TPSA) is 88.8 Å². The molecule has 5 rings (SSSR count). The molecule has 1 aromatic carbocycles. The lowest BCUT2D eigenvalue weighted by molar-refractivity contribution is -0.121. The highest BCUT2D eigenvalue weighted by Gasteiger charge is 2.19. The normalized spacial score (nSPS) is 15.3. The molecule has 4 aromatic rings. The fourth-order valence-electron chi connectivity index (χ4n) is 4.73. The quantitative estimate of drug-likeness (QED) is 0.362. The minimum Gasteiger partial charge on any atom is -0.325 e. The first-order valence-corrected chi connectivity index (χ1v) is 12.5. The Bertz CT molecular complexity index is 1440. The molecular weight excluding hydrogens is 476 g/mol. The number of aromatic nitrogens is 5. The first kappa shape index (κ1) is 24.9. The number of ketones is 1. The standard InChI is InChI=1S/C27H29F2N7O/c1-4-16(2)36-17(3)33-26-22(28)9-19(10-24(26)36)21-11-25(30-14-23(21)29)34-27-31-12-18(13-32-27)15-35-7-5-20(37)6-8-35/h9-14,16H,4-8,15H2,1-3H3,(H,30,31,32,34). The van der Waals surface area contributed by atoms with Crippen LogP contribution in [0.15, 0.2) is 36.8 Å². The molecule has 1 unspecified atom stereocenters.